The zero-order valence-corrected chi connectivity index (χ0v) is 17.7. The second kappa shape index (κ2) is 8.16. The first-order chi connectivity index (χ1) is 14.1. The lowest BCUT2D eigenvalue weighted by Crippen LogP contribution is -2.18. The summed E-state index contributed by atoms with van der Waals surface area (Å²) in [7, 11) is 1.86. The van der Waals surface area contributed by atoms with E-state index in [1.54, 1.807) is 0 Å². The summed E-state index contributed by atoms with van der Waals surface area (Å²) in [6, 6.07) is 6.00. The molecule has 0 bridgehead atoms. The van der Waals surface area contributed by atoms with Crippen LogP contribution in [0, 0.1) is 13.8 Å². The molecule has 5 rings (SSSR count). The van der Waals surface area contributed by atoms with E-state index in [9.17, 15) is 4.79 Å². The van der Waals surface area contributed by atoms with Crippen LogP contribution in [-0.4, -0.2) is 45.8 Å². The molecular formula is C21H24N6OS. The number of aryl methyl sites for hydroxylation is 2. The second-order valence-corrected chi connectivity index (χ2v) is 8.16. The molecule has 0 spiro atoms. The van der Waals surface area contributed by atoms with Gasteiger partial charge in [0.15, 0.2) is 11.9 Å². The third-order valence-electron chi connectivity index (χ3n) is 4.92. The van der Waals surface area contributed by atoms with Gasteiger partial charge in [-0.3, -0.25) is 4.79 Å². The molecule has 150 valence electrons. The highest BCUT2D eigenvalue weighted by molar-refractivity contribution is 7.20. The van der Waals surface area contributed by atoms with Gasteiger partial charge in [-0.25, -0.2) is 15.0 Å². The van der Waals surface area contributed by atoms with Gasteiger partial charge in [0.25, 0.3) is 0 Å². The zero-order chi connectivity index (χ0) is 20.4. The molecule has 4 aromatic rings. The summed E-state index contributed by atoms with van der Waals surface area (Å²) in [5, 5.41) is 4.07. The molecule has 5 heterocycles. The predicted octanol–water partition coefficient (Wildman–Crippen LogP) is 4.10. The molecule has 0 saturated carbocycles. The van der Waals surface area contributed by atoms with Gasteiger partial charge in [0.1, 0.15) is 16.5 Å². The van der Waals surface area contributed by atoms with Gasteiger partial charge < -0.3 is 14.6 Å². The zero-order valence-electron chi connectivity index (χ0n) is 16.8. The van der Waals surface area contributed by atoms with Crippen molar-refractivity contribution in [3.63, 3.8) is 0 Å². The maximum atomic E-state index is 10.7. The number of nitrogens with one attached hydrogen (secondary N) is 1. The minimum atomic E-state index is 0.751. The maximum absolute atomic E-state index is 10.7. The Morgan fingerprint density at radius 1 is 1.10 bits per heavy atom. The number of nitrogens with zero attached hydrogens (tertiary/aromatic N) is 5. The van der Waals surface area contributed by atoms with E-state index in [0.717, 1.165) is 63.1 Å². The molecule has 0 aromatic carbocycles. The number of fused-ring (bicyclic) bond motifs is 2. The van der Waals surface area contributed by atoms with E-state index in [0.29, 0.717) is 0 Å². The summed E-state index contributed by atoms with van der Waals surface area (Å²) in [6.45, 7) is 6.14. The molecule has 1 fully saturated rings. The number of thiophene rings is 1. The minimum absolute atomic E-state index is 0.751. The van der Waals surface area contributed by atoms with Crippen molar-refractivity contribution in [1.82, 2.24) is 19.4 Å². The lowest BCUT2D eigenvalue weighted by atomic mass is 10.3. The lowest BCUT2D eigenvalue weighted by molar-refractivity contribution is 0.112. The summed E-state index contributed by atoms with van der Waals surface area (Å²) >= 11 is 1.46. The van der Waals surface area contributed by atoms with Crippen molar-refractivity contribution in [2.45, 2.75) is 26.7 Å². The number of carbonyl (C=O) groups is 1. The highest BCUT2D eigenvalue weighted by Crippen LogP contribution is 2.26. The Morgan fingerprint density at radius 2 is 1.90 bits per heavy atom. The van der Waals surface area contributed by atoms with Gasteiger partial charge in [-0.15, -0.1) is 11.3 Å². The predicted molar refractivity (Wildman–Crippen MR) is 118 cm³/mol. The first-order valence-electron chi connectivity index (χ1n) is 9.69. The van der Waals surface area contributed by atoms with Gasteiger partial charge >= 0.3 is 0 Å². The minimum Gasteiger partial charge on any atom is -0.372 e. The average molecular weight is 409 g/mol. The van der Waals surface area contributed by atoms with Crippen LogP contribution in [0.25, 0.3) is 15.9 Å². The van der Waals surface area contributed by atoms with Crippen molar-refractivity contribution < 1.29 is 4.79 Å². The largest absolute Gasteiger partial charge is 0.372 e. The van der Waals surface area contributed by atoms with E-state index in [2.05, 4.69) is 37.3 Å². The molecule has 1 saturated heterocycles. The summed E-state index contributed by atoms with van der Waals surface area (Å²) in [5.74, 6) is 1.91. The van der Waals surface area contributed by atoms with Crippen LogP contribution in [0.4, 0.5) is 11.6 Å². The average Bonchev–Trinajstić information content (AvgIpc) is 3.46. The Bertz CT molecular complexity index is 1160. The van der Waals surface area contributed by atoms with E-state index >= 15 is 0 Å². The second-order valence-electron chi connectivity index (χ2n) is 7.10. The van der Waals surface area contributed by atoms with Crippen molar-refractivity contribution in [1.29, 1.82) is 0 Å². The third-order valence-corrected chi connectivity index (χ3v) is 5.89. The normalized spacial score (nSPS) is 13.6. The third kappa shape index (κ3) is 4.07. The summed E-state index contributed by atoms with van der Waals surface area (Å²) in [6.07, 6.45) is 7.32. The fourth-order valence-corrected chi connectivity index (χ4v) is 4.34. The molecule has 0 aliphatic carbocycles. The molecule has 1 aliphatic heterocycles. The van der Waals surface area contributed by atoms with Crippen molar-refractivity contribution in [3.05, 3.63) is 46.9 Å². The Kier molecular flexibility index (Phi) is 5.44. The maximum Gasteiger partial charge on any atom is 0.160 e. The number of carbonyl (C=O) groups excluding carboxylic acids is 1. The van der Waals surface area contributed by atoms with E-state index in [4.69, 9.17) is 0 Å². The fourth-order valence-electron chi connectivity index (χ4n) is 3.50. The smallest absolute Gasteiger partial charge is 0.160 e. The van der Waals surface area contributed by atoms with Crippen LogP contribution in [0.3, 0.4) is 0 Å². The SMILES string of the molecule is CNc1cn2cc(C)nc2c(C)n1.O=Cc1cc2ccc(N3CCCC3)nc2s1. The van der Waals surface area contributed by atoms with Gasteiger partial charge in [0.05, 0.1) is 22.5 Å². The topological polar surface area (TPSA) is 75.4 Å². The van der Waals surface area contributed by atoms with Crippen LogP contribution in [0.1, 0.15) is 33.9 Å². The first-order valence-corrected chi connectivity index (χ1v) is 10.5. The molecule has 1 aliphatic rings. The molecular weight excluding hydrogens is 384 g/mol. The number of anilines is 2. The van der Waals surface area contributed by atoms with Crippen LogP contribution in [-0.2, 0) is 0 Å². The summed E-state index contributed by atoms with van der Waals surface area (Å²) < 4.78 is 1.99. The van der Waals surface area contributed by atoms with E-state index < -0.39 is 0 Å². The van der Waals surface area contributed by atoms with Gasteiger partial charge in [-0.2, -0.15) is 0 Å². The Morgan fingerprint density at radius 3 is 2.62 bits per heavy atom. The van der Waals surface area contributed by atoms with Crippen LogP contribution in [0.15, 0.2) is 30.6 Å². The highest BCUT2D eigenvalue weighted by Gasteiger charge is 2.14. The van der Waals surface area contributed by atoms with E-state index in [1.165, 1.54) is 24.2 Å². The number of aldehydes is 1. The molecule has 0 amide bonds. The lowest BCUT2D eigenvalue weighted by Gasteiger charge is -2.15. The van der Waals surface area contributed by atoms with E-state index in [1.807, 2.05) is 43.8 Å². The number of imidazole rings is 1. The van der Waals surface area contributed by atoms with Crippen molar-refractivity contribution in [2.75, 3.05) is 30.4 Å². The van der Waals surface area contributed by atoms with Gasteiger partial charge in [0, 0.05) is 31.7 Å². The van der Waals surface area contributed by atoms with Crippen LogP contribution < -0.4 is 10.2 Å². The van der Waals surface area contributed by atoms with Crippen molar-refractivity contribution >= 4 is 45.1 Å². The van der Waals surface area contributed by atoms with Crippen LogP contribution in [0.5, 0.6) is 0 Å². The number of pyridine rings is 1. The molecule has 29 heavy (non-hydrogen) atoms. The van der Waals surface area contributed by atoms with Gasteiger partial charge in [-0.1, -0.05) is 0 Å². The molecule has 4 aromatic heterocycles. The standard InChI is InChI=1S/C12H12N2OS.C9H12N4/c15-8-10-7-9-3-4-11(13-12(9)16-10)14-5-1-2-6-14;1-6-4-13-5-8(10-3)12-7(2)9(13)11-6/h3-4,7-8H,1-2,5-6H2;4-5,10H,1-3H3. The molecule has 8 heteroatoms. The Labute approximate surface area is 173 Å². The van der Waals surface area contributed by atoms with E-state index in [-0.39, 0.29) is 0 Å². The van der Waals surface area contributed by atoms with Gasteiger partial charge in [0.2, 0.25) is 0 Å². The summed E-state index contributed by atoms with van der Waals surface area (Å²) in [5.41, 5.74) is 2.88. The number of aromatic nitrogens is 4. The molecule has 0 atom stereocenters. The molecule has 1 N–H and O–H groups in total. The Hall–Kier alpha value is -3.00. The van der Waals surface area contributed by atoms with Crippen molar-refractivity contribution in [3.8, 4) is 0 Å². The van der Waals surface area contributed by atoms with Gasteiger partial charge in [-0.05, 0) is 44.9 Å². The quantitative estimate of drug-likeness (QED) is 0.515. The van der Waals surface area contributed by atoms with Crippen LogP contribution in [0.2, 0.25) is 0 Å². The van der Waals surface area contributed by atoms with Crippen molar-refractivity contribution in [2.24, 2.45) is 0 Å². The summed E-state index contributed by atoms with van der Waals surface area (Å²) in [4.78, 5) is 28.0. The fraction of sp³-hybridized carbons (Fsp3) is 0.333. The highest BCUT2D eigenvalue weighted by atomic mass is 32.1. The molecule has 0 unspecified atom stereocenters. The monoisotopic (exact) mass is 408 g/mol. The number of rotatable bonds is 3. The van der Waals surface area contributed by atoms with Crippen LogP contribution >= 0.6 is 11.3 Å². The number of hydrogen-bond donors (Lipinski definition) is 1. The first kappa shape index (κ1) is 19.3. The number of hydrogen-bond acceptors (Lipinski definition) is 7. The Balaban J connectivity index is 0.000000145. The molecule has 7 nitrogen and oxygen atoms in total. The molecule has 0 radical (unpaired) electrons.